The number of anilines is 1. The predicted octanol–water partition coefficient (Wildman–Crippen LogP) is 4.36. The molecule has 1 heterocycles. The van der Waals surface area contributed by atoms with E-state index in [0.717, 1.165) is 0 Å². The summed E-state index contributed by atoms with van der Waals surface area (Å²) in [7, 11) is 0. The highest BCUT2D eigenvalue weighted by Crippen LogP contribution is 2.33. The Kier molecular flexibility index (Phi) is 5.93. The molecular formula is C25H20N2O3S. The number of amides is 2. The zero-order valence-corrected chi connectivity index (χ0v) is 17.3. The van der Waals surface area contributed by atoms with Crippen LogP contribution in [0, 0.1) is 0 Å². The summed E-state index contributed by atoms with van der Waals surface area (Å²) in [5.41, 5.74) is 2.00. The Balaban J connectivity index is 1.75. The lowest BCUT2D eigenvalue weighted by Crippen LogP contribution is -2.54. The molecule has 0 bridgehead atoms. The Bertz CT molecular complexity index is 1150. The first-order valence-corrected chi connectivity index (χ1v) is 10.6. The van der Waals surface area contributed by atoms with Gasteiger partial charge in [-0.2, -0.15) is 0 Å². The number of para-hydroxylation sites is 1. The van der Waals surface area contributed by atoms with Crippen molar-refractivity contribution in [2.75, 3.05) is 5.01 Å². The summed E-state index contributed by atoms with van der Waals surface area (Å²) in [5, 5.41) is 14.6. The molecule has 0 radical (unpaired) electrons. The fourth-order valence-electron chi connectivity index (χ4n) is 3.25. The van der Waals surface area contributed by atoms with Crippen LogP contribution in [0.3, 0.4) is 0 Å². The highest BCUT2D eigenvalue weighted by atomic mass is 32.1. The molecule has 2 N–H and O–H groups in total. The van der Waals surface area contributed by atoms with E-state index in [1.54, 1.807) is 90.3 Å². The molecule has 6 heteroatoms. The molecule has 154 valence electrons. The summed E-state index contributed by atoms with van der Waals surface area (Å²) in [6, 6.07) is 29.6. The summed E-state index contributed by atoms with van der Waals surface area (Å²) >= 11 is 1.27. The molecule has 0 fully saturated rings. The minimum Gasteiger partial charge on any atom is -0.371 e. The Labute approximate surface area is 184 Å². The molecule has 1 aromatic heterocycles. The van der Waals surface area contributed by atoms with Crippen LogP contribution >= 0.6 is 11.3 Å². The normalized spacial score (nSPS) is 12.5. The summed E-state index contributed by atoms with van der Waals surface area (Å²) in [6.07, 6.45) is 0. The molecule has 0 unspecified atom stereocenters. The molecule has 4 aromatic rings. The topological polar surface area (TPSA) is 69.6 Å². The van der Waals surface area contributed by atoms with Gasteiger partial charge in [0.15, 0.2) is 0 Å². The Hall–Kier alpha value is -3.74. The Morgan fingerprint density at radius 3 is 1.94 bits per heavy atom. The molecule has 31 heavy (non-hydrogen) atoms. The van der Waals surface area contributed by atoms with E-state index in [9.17, 15) is 14.7 Å². The van der Waals surface area contributed by atoms with Crippen LogP contribution in [-0.2, 0) is 10.4 Å². The standard InChI is InChI=1S/C25H20N2O3S/c28-23(19-11-4-1-5-12-19)27(21-15-8-3-9-16-21)26-24(29)25(30,22-17-10-18-31-22)20-13-6-2-7-14-20/h1-18,30H,(H,26,29)/t25-/m0/s1. The van der Waals surface area contributed by atoms with E-state index in [4.69, 9.17) is 0 Å². The lowest BCUT2D eigenvalue weighted by Gasteiger charge is -2.31. The van der Waals surface area contributed by atoms with Crippen molar-refractivity contribution in [3.05, 3.63) is 125 Å². The van der Waals surface area contributed by atoms with Crippen molar-refractivity contribution in [3.8, 4) is 0 Å². The molecule has 0 saturated carbocycles. The van der Waals surface area contributed by atoms with Crippen LogP contribution in [0.15, 0.2) is 109 Å². The van der Waals surface area contributed by atoms with Gasteiger partial charge in [-0.15, -0.1) is 11.3 Å². The molecule has 0 saturated heterocycles. The minimum absolute atomic E-state index is 0.408. The van der Waals surface area contributed by atoms with Crippen LogP contribution in [0.4, 0.5) is 5.69 Å². The Morgan fingerprint density at radius 2 is 1.35 bits per heavy atom. The number of hydrogen-bond donors (Lipinski definition) is 2. The number of hydrazine groups is 1. The van der Waals surface area contributed by atoms with E-state index in [-0.39, 0.29) is 0 Å². The van der Waals surface area contributed by atoms with Gasteiger partial charge in [0.25, 0.3) is 11.8 Å². The van der Waals surface area contributed by atoms with Crippen molar-refractivity contribution in [2.45, 2.75) is 5.60 Å². The second-order valence-corrected chi connectivity index (χ2v) is 7.78. The number of hydrogen-bond acceptors (Lipinski definition) is 4. The number of carbonyl (C=O) groups is 2. The fraction of sp³-hybridized carbons (Fsp3) is 0.0400. The van der Waals surface area contributed by atoms with Gasteiger partial charge in [0.2, 0.25) is 5.60 Å². The maximum atomic E-state index is 13.5. The SMILES string of the molecule is O=C(c1ccccc1)N(NC(=O)[C@](O)(c1ccccc1)c1cccs1)c1ccccc1. The second kappa shape index (κ2) is 8.95. The van der Waals surface area contributed by atoms with Gasteiger partial charge in [0.05, 0.1) is 10.6 Å². The average molecular weight is 429 g/mol. The molecule has 0 aliphatic heterocycles. The first-order chi connectivity index (χ1) is 15.1. The number of nitrogens with zero attached hydrogens (tertiary/aromatic N) is 1. The van der Waals surface area contributed by atoms with Gasteiger partial charge in [-0.1, -0.05) is 72.8 Å². The van der Waals surface area contributed by atoms with Crippen LogP contribution in [0.2, 0.25) is 0 Å². The number of carbonyl (C=O) groups excluding carboxylic acids is 2. The molecule has 4 rings (SSSR count). The summed E-state index contributed by atoms with van der Waals surface area (Å²) in [5.74, 6) is -1.14. The molecule has 0 spiro atoms. The van der Waals surface area contributed by atoms with Crippen LogP contribution in [-0.4, -0.2) is 16.9 Å². The number of nitrogens with one attached hydrogen (secondary N) is 1. The summed E-state index contributed by atoms with van der Waals surface area (Å²) < 4.78 is 0. The van der Waals surface area contributed by atoms with Crippen LogP contribution in [0.1, 0.15) is 20.8 Å². The van der Waals surface area contributed by atoms with E-state index in [1.807, 2.05) is 18.2 Å². The molecule has 1 atom stereocenters. The lowest BCUT2D eigenvalue weighted by atomic mass is 9.91. The van der Waals surface area contributed by atoms with E-state index < -0.39 is 17.4 Å². The smallest absolute Gasteiger partial charge is 0.281 e. The van der Waals surface area contributed by atoms with Crippen LogP contribution in [0.25, 0.3) is 0 Å². The largest absolute Gasteiger partial charge is 0.371 e. The van der Waals surface area contributed by atoms with Crippen molar-refractivity contribution >= 4 is 28.8 Å². The van der Waals surface area contributed by atoms with Gasteiger partial charge in [-0.05, 0) is 41.3 Å². The number of thiophene rings is 1. The van der Waals surface area contributed by atoms with E-state index in [2.05, 4.69) is 5.43 Å². The van der Waals surface area contributed by atoms with Gasteiger partial charge in [0, 0.05) is 5.56 Å². The van der Waals surface area contributed by atoms with Crippen molar-refractivity contribution in [3.63, 3.8) is 0 Å². The number of aliphatic hydroxyl groups is 1. The maximum Gasteiger partial charge on any atom is 0.281 e. The lowest BCUT2D eigenvalue weighted by molar-refractivity contribution is -0.136. The molecule has 0 aliphatic carbocycles. The van der Waals surface area contributed by atoms with E-state index in [1.165, 1.54) is 16.3 Å². The van der Waals surface area contributed by atoms with Crippen molar-refractivity contribution in [2.24, 2.45) is 0 Å². The third kappa shape index (κ3) is 4.12. The Morgan fingerprint density at radius 1 is 0.774 bits per heavy atom. The third-order valence-electron chi connectivity index (χ3n) is 4.85. The summed E-state index contributed by atoms with van der Waals surface area (Å²) in [4.78, 5) is 27.3. The molecule has 5 nitrogen and oxygen atoms in total. The van der Waals surface area contributed by atoms with E-state index >= 15 is 0 Å². The van der Waals surface area contributed by atoms with Crippen LogP contribution in [0.5, 0.6) is 0 Å². The van der Waals surface area contributed by atoms with Crippen molar-refractivity contribution < 1.29 is 14.7 Å². The monoisotopic (exact) mass is 428 g/mol. The average Bonchev–Trinajstić information content (AvgIpc) is 3.39. The summed E-state index contributed by atoms with van der Waals surface area (Å²) in [6.45, 7) is 0. The number of benzene rings is 3. The zero-order chi connectivity index (χ0) is 21.7. The molecular weight excluding hydrogens is 408 g/mol. The number of rotatable bonds is 5. The van der Waals surface area contributed by atoms with Gasteiger partial charge in [0.1, 0.15) is 0 Å². The third-order valence-corrected chi connectivity index (χ3v) is 5.83. The molecule has 2 amide bonds. The maximum absolute atomic E-state index is 13.5. The first kappa shape index (κ1) is 20.5. The van der Waals surface area contributed by atoms with E-state index in [0.29, 0.717) is 21.7 Å². The highest BCUT2D eigenvalue weighted by Gasteiger charge is 2.42. The first-order valence-electron chi connectivity index (χ1n) is 9.68. The predicted molar refractivity (Wildman–Crippen MR) is 122 cm³/mol. The highest BCUT2D eigenvalue weighted by molar-refractivity contribution is 7.10. The van der Waals surface area contributed by atoms with Gasteiger partial charge in [-0.3, -0.25) is 15.0 Å². The van der Waals surface area contributed by atoms with Crippen LogP contribution < -0.4 is 10.4 Å². The minimum atomic E-state index is -1.96. The van der Waals surface area contributed by atoms with Crippen molar-refractivity contribution in [1.29, 1.82) is 0 Å². The van der Waals surface area contributed by atoms with Crippen molar-refractivity contribution in [1.82, 2.24) is 5.43 Å². The second-order valence-electron chi connectivity index (χ2n) is 6.84. The van der Waals surface area contributed by atoms with Gasteiger partial charge in [-0.25, -0.2) is 5.01 Å². The molecule has 0 aliphatic rings. The molecule has 3 aromatic carbocycles. The zero-order valence-electron chi connectivity index (χ0n) is 16.5. The van der Waals surface area contributed by atoms with Gasteiger partial charge >= 0.3 is 0 Å². The van der Waals surface area contributed by atoms with Gasteiger partial charge < -0.3 is 5.11 Å². The fourth-order valence-corrected chi connectivity index (χ4v) is 4.09. The quantitative estimate of drug-likeness (QED) is 0.464.